The van der Waals surface area contributed by atoms with Crippen LogP contribution in [0.2, 0.25) is 0 Å². The van der Waals surface area contributed by atoms with Crippen molar-refractivity contribution in [2.75, 3.05) is 51.3 Å². The van der Waals surface area contributed by atoms with Gasteiger partial charge in [0.05, 0.1) is 6.61 Å². The second-order valence-corrected chi connectivity index (χ2v) is 8.41. The average Bonchev–Trinajstić information content (AvgIpc) is 3.20. The predicted octanol–water partition coefficient (Wildman–Crippen LogP) is 1.95. The van der Waals surface area contributed by atoms with Gasteiger partial charge in [-0.05, 0) is 36.3 Å². The highest BCUT2D eigenvalue weighted by atomic mass is 16.5. The summed E-state index contributed by atoms with van der Waals surface area (Å²) in [6.07, 6.45) is 4.08. The maximum Gasteiger partial charge on any atom is 0.177 e. The van der Waals surface area contributed by atoms with Gasteiger partial charge in [0.15, 0.2) is 5.65 Å². The Balaban J connectivity index is 1.46. The number of aromatic nitrogens is 4. The summed E-state index contributed by atoms with van der Waals surface area (Å²) in [5, 5.41) is 12.6. The fourth-order valence-electron chi connectivity index (χ4n) is 4.87. The molecule has 1 atom stereocenters. The van der Waals surface area contributed by atoms with E-state index >= 15 is 0 Å². The van der Waals surface area contributed by atoms with Crippen LogP contribution in [0.3, 0.4) is 0 Å². The van der Waals surface area contributed by atoms with Crippen LogP contribution >= 0.6 is 0 Å². The lowest BCUT2D eigenvalue weighted by molar-refractivity contribution is 0.0761. The van der Waals surface area contributed by atoms with E-state index in [1.54, 1.807) is 10.8 Å². The van der Waals surface area contributed by atoms with Crippen molar-refractivity contribution in [1.82, 2.24) is 24.7 Å². The van der Waals surface area contributed by atoms with E-state index in [2.05, 4.69) is 45.0 Å². The number of fused-ring (bicyclic) bond motifs is 1. The van der Waals surface area contributed by atoms with Crippen LogP contribution in [0.5, 0.6) is 0 Å². The number of ether oxygens (including phenoxy) is 1. The topological polar surface area (TPSA) is 58.8 Å². The first-order valence-corrected chi connectivity index (χ1v) is 9.73. The van der Waals surface area contributed by atoms with Crippen molar-refractivity contribution in [1.29, 1.82) is 0 Å². The second-order valence-electron chi connectivity index (χ2n) is 8.41. The predicted molar refractivity (Wildman–Crippen MR) is 101 cm³/mol. The van der Waals surface area contributed by atoms with Gasteiger partial charge in [-0.25, -0.2) is 0 Å². The van der Waals surface area contributed by atoms with E-state index in [1.807, 2.05) is 13.2 Å². The van der Waals surface area contributed by atoms with Crippen molar-refractivity contribution < 1.29 is 4.74 Å². The molecule has 4 rings (SSSR count). The van der Waals surface area contributed by atoms with Crippen molar-refractivity contribution in [3.63, 3.8) is 0 Å². The smallest absolute Gasteiger partial charge is 0.177 e. The number of piperidine rings is 1. The lowest BCUT2D eigenvalue weighted by atomic mass is 9.71. The van der Waals surface area contributed by atoms with Crippen molar-refractivity contribution in [3.8, 4) is 0 Å². The van der Waals surface area contributed by atoms with Crippen molar-refractivity contribution in [2.45, 2.75) is 26.7 Å². The van der Waals surface area contributed by atoms with E-state index in [0.29, 0.717) is 17.3 Å². The van der Waals surface area contributed by atoms with Crippen LogP contribution in [0, 0.1) is 17.3 Å². The molecule has 142 valence electrons. The number of likely N-dealkylation sites (tertiary alicyclic amines) is 1. The van der Waals surface area contributed by atoms with E-state index in [1.165, 1.54) is 32.5 Å². The van der Waals surface area contributed by atoms with Crippen LogP contribution in [0.4, 0.5) is 5.82 Å². The van der Waals surface area contributed by atoms with Gasteiger partial charge in [0.1, 0.15) is 12.1 Å². The summed E-state index contributed by atoms with van der Waals surface area (Å²) in [5.74, 6) is 2.38. The molecule has 1 spiro atoms. The number of hydrogen-bond acceptors (Lipinski definition) is 6. The van der Waals surface area contributed by atoms with Gasteiger partial charge in [-0.1, -0.05) is 13.8 Å². The summed E-state index contributed by atoms with van der Waals surface area (Å²) in [5.41, 5.74) is 1.18. The molecule has 0 saturated carbocycles. The maximum absolute atomic E-state index is 5.59. The number of anilines is 1. The van der Waals surface area contributed by atoms with Crippen LogP contribution in [-0.4, -0.2) is 71.2 Å². The lowest BCUT2D eigenvalue weighted by Crippen LogP contribution is -2.45. The summed E-state index contributed by atoms with van der Waals surface area (Å²) in [7, 11) is 1.84. The minimum absolute atomic E-state index is 0.391. The molecule has 7 nitrogen and oxygen atoms in total. The van der Waals surface area contributed by atoms with E-state index < -0.39 is 0 Å². The Morgan fingerprint density at radius 2 is 2.08 bits per heavy atom. The molecule has 7 heteroatoms. The monoisotopic (exact) mass is 358 g/mol. The van der Waals surface area contributed by atoms with Gasteiger partial charge >= 0.3 is 0 Å². The molecule has 4 heterocycles. The first-order chi connectivity index (χ1) is 12.6. The molecule has 0 bridgehead atoms. The largest absolute Gasteiger partial charge is 0.384 e. The van der Waals surface area contributed by atoms with Crippen molar-refractivity contribution in [2.24, 2.45) is 17.3 Å². The maximum atomic E-state index is 5.59. The van der Waals surface area contributed by atoms with Crippen LogP contribution < -0.4 is 4.90 Å². The fraction of sp³-hybridized carbons (Fsp3) is 0.737. The average molecular weight is 358 g/mol. The lowest BCUT2D eigenvalue weighted by Gasteiger charge is -2.43. The summed E-state index contributed by atoms with van der Waals surface area (Å²) in [6, 6.07) is 4.06. The minimum Gasteiger partial charge on any atom is -0.384 e. The van der Waals surface area contributed by atoms with E-state index in [-0.39, 0.29) is 0 Å². The van der Waals surface area contributed by atoms with Gasteiger partial charge in [-0.2, -0.15) is 4.52 Å². The molecule has 0 amide bonds. The molecular weight excluding hydrogens is 328 g/mol. The van der Waals surface area contributed by atoms with Crippen LogP contribution in [0.15, 0.2) is 18.5 Å². The van der Waals surface area contributed by atoms with Crippen LogP contribution in [0.1, 0.15) is 26.7 Å². The molecule has 2 fully saturated rings. The van der Waals surface area contributed by atoms with Gasteiger partial charge in [0.25, 0.3) is 0 Å². The summed E-state index contributed by atoms with van der Waals surface area (Å²) in [4.78, 5) is 5.06. The molecule has 2 aliphatic rings. The zero-order valence-corrected chi connectivity index (χ0v) is 16.1. The Labute approximate surface area is 155 Å². The summed E-state index contributed by atoms with van der Waals surface area (Å²) in [6.45, 7) is 11.2. The molecule has 2 aromatic rings. The second kappa shape index (κ2) is 7.12. The zero-order chi connectivity index (χ0) is 18.1. The molecule has 0 N–H and O–H groups in total. The number of hydrogen-bond donors (Lipinski definition) is 0. The third-order valence-corrected chi connectivity index (χ3v) is 6.11. The van der Waals surface area contributed by atoms with E-state index in [9.17, 15) is 0 Å². The van der Waals surface area contributed by atoms with Crippen molar-refractivity contribution >= 4 is 11.5 Å². The SMILES string of the molecule is COCC1CN(CC(C)C)CC12CCN(c1ccc3nncn3n1)CC2. The molecule has 0 aromatic carbocycles. The Morgan fingerprint density at radius 1 is 1.27 bits per heavy atom. The normalized spacial score (nSPS) is 23.5. The first-order valence-electron chi connectivity index (χ1n) is 9.73. The molecule has 2 aromatic heterocycles. The number of nitrogens with zero attached hydrogens (tertiary/aromatic N) is 6. The van der Waals surface area contributed by atoms with E-state index in [4.69, 9.17) is 4.74 Å². The highest BCUT2D eigenvalue weighted by Gasteiger charge is 2.47. The Morgan fingerprint density at radius 3 is 2.81 bits per heavy atom. The van der Waals surface area contributed by atoms with Crippen molar-refractivity contribution in [3.05, 3.63) is 18.5 Å². The molecule has 2 saturated heterocycles. The van der Waals surface area contributed by atoms with E-state index in [0.717, 1.165) is 31.2 Å². The van der Waals surface area contributed by atoms with Gasteiger partial charge < -0.3 is 14.5 Å². The highest BCUT2D eigenvalue weighted by molar-refractivity contribution is 5.45. The van der Waals surface area contributed by atoms with Gasteiger partial charge in [-0.15, -0.1) is 15.3 Å². The van der Waals surface area contributed by atoms with Gasteiger partial charge in [0, 0.05) is 45.8 Å². The Bertz CT molecular complexity index is 736. The molecular formula is C19H30N6O. The molecule has 2 aliphatic heterocycles. The fourth-order valence-corrected chi connectivity index (χ4v) is 4.87. The zero-order valence-electron chi connectivity index (χ0n) is 16.1. The standard InChI is InChI=1S/C19H30N6O/c1-15(2)10-23-11-16(12-26-3)19(13-23)6-8-24(9-7-19)18-5-4-17-21-20-14-25(17)22-18/h4-5,14-16H,6-13H2,1-3H3. The number of methoxy groups -OCH3 is 1. The third-order valence-electron chi connectivity index (χ3n) is 6.11. The third kappa shape index (κ3) is 3.30. The highest BCUT2D eigenvalue weighted by Crippen LogP contribution is 2.45. The van der Waals surface area contributed by atoms with Gasteiger partial charge in [0.2, 0.25) is 0 Å². The Kier molecular flexibility index (Phi) is 4.84. The number of rotatable bonds is 5. The quantitative estimate of drug-likeness (QED) is 0.814. The molecule has 0 aliphatic carbocycles. The summed E-state index contributed by atoms with van der Waals surface area (Å²) < 4.78 is 7.34. The first kappa shape index (κ1) is 17.7. The van der Waals surface area contributed by atoms with Crippen LogP contribution in [-0.2, 0) is 4.74 Å². The minimum atomic E-state index is 0.391. The molecule has 26 heavy (non-hydrogen) atoms. The Hall–Kier alpha value is -1.73. The summed E-state index contributed by atoms with van der Waals surface area (Å²) >= 11 is 0. The van der Waals surface area contributed by atoms with Crippen LogP contribution in [0.25, 0.3) is 5.65 Å². The molecule has 0 radical (unpaired) electrons. The van der Waals surface area contributed by atoms with Gasteiger partial charge in [-0.3, -0.25) is 0 Å². The molecule has 1 unspecified atom stereocenters.